The standard InChI is InChI=1S/C21H27N3O2S/c1-25-19-9-7-18(8-10-19)20(24-11-13-26-14-12-24)16-23-21(27)22-15-17-5-3-2-4-6-17/h2-10,20H,11-16H2,1H3,(H2,22,23,27)/t20-/m0/s1. The Morgan fingerprint density at radius 2 is 1.78 bits per heavy atom. The van der Waals surface area contributed by atoms with Crippen molar-refractivity contribution in [2.45, 2.75) is 12.6 Å². The van der Waals surface area contributed by atoms with E-state index in [1.165, 1.54) is 11.1 Å². The van der Waals surface area contributed by atoms with Crippen molar-refractivity contribution >= 4 is 17.3 Å². The quantitative estimate of drug-likeness (QED) is 0.715. The van der Waals surface area contributed by atoms with Gasteiger partial charge in [0.05, 0.1) is 26.4 Å². The van der Waals surface area contributed by atoms with Crippen molar-refractivity contribution in [3.63, 3.8) is 0 Å². The fourth-order valence-electron chi connectivity index (χ4n) is 3.20. The van der Waals surface area contributed by atoms with Crippen molar-refractivity contribution in [3.8, 4) is 5.75 Å². The maximum Gasteiger partial charge on any atom is 0.166 e. The molecule has 3 rings (SSSR count). The fourth-order valence-corrected chi connectivity index (χ4v) is 3.36. The number of morpholine rings is 1. The Morgan fingerprint density at radius 1 is 1.07 bits per heavy atom. The van der Waals surface area contributed by atoms with Crippen LogP contribution >= 0.6 is 12.2 Å². The Kier molecular flexibility index (Phi) is 7.45. The van der Waals surface area contributed by atoms with Gasteiger partial charge in [0, 0.05) is 26.2 Å². The third kappa shape index (κ3) is 5.92. The highest BCUT2D eigenvalue weighted by Crippen LogP contribution is 2.23. The first-order chi connectivity index (χ1) is 13.3. The highest BCUT2D eigenvalue weighted by molar-refractivity contribution is 7.80. The van der Waals surface area contributed by atoms with Crippen LogP contribution in [0.3, 0.4) is 0 Å². The number of thiocarbonyl (C=S) groups is 1. The van der Waals surface area contributed by atoms with Gasteiger partial charge in [-0.3, -0.25) is 4.90 Å². The molecule has 0 unspecified atom stereocenters. The molecule has 0 bridgehead atoms. The zero-order valence-electron chi connectivity index (χ0n) is 15.7. The predicted molar refractivity (Wildman–Crippen MR) is 112 cm³/mol. The number of hydrogen-bond acceptors (Lipinski definition) is 4. The van der Waals surface area contributed by atoms with E-state index >= 15 is 0 Å². The summed E-state index contributed by atoms with van der Waals surface area (Å²) in [5.74, 6) is 0.868. The molecule has 0 saturated carbocycles. The summed E-state index contributed by atoms with van der Waals surface area (Å²) in [6, 6.07) is 18.8. The van der Waals surface area contributed by atoms with Crippen molar-refractivity contribution in [1.82, 2.24) is 15.5 Å². The first-order valence-corrected chi connectivity index (χ1v) is 9.68. The third-order valence-corrected chi connectivity index (χ3v) is 5.03. The van der Waals surface area contributed by atoms with Crippen LogP contribution in [0.1, 0.15) is 17.2 Å². The lowest BCUT2D eigenvalue weighted by molar-refractivity contribution is 0.0170. The van der Waals surface area contributed by atoms with E-state index < -0.39 is 0 Å². The molecule has 27 heavy (non-hydrogen) atoms. The molecule has 1 atom stereocenters. The van der Waals surface area contributed by atoms with Gasteiger partial charge in [0.15, 0.2) is 5.11 Å². The van der Waals surface area contributed by atoms with E-state index in [4.69, 9.17) is 21.7 Å². The van der Waals surface area contributed by atoms with Gasteiger partial charge in [-0.05, 0) is 35.5 Å². The number of benzene rings is 2. The normalized spacial score (nSPS) is 15.7. The molecule has 0 radical (unpaired) electrons. The van der Waals surface area contributed by atoms with Crippen LogP contribution in [0.5, 0.6) is 5.75 Å². The second-order valence-electron chi connectivity index (χ2n) is 6.49. The maximum atomic E-state index is 5.52. The van der Waals surface area contributed by atoms with Gasteiger partial charge < -0.3 is 20.1 Å². The molecule has 2 aromatic rings. The molecule has 0 amide bonds. The van der Waals surface area contributed by atoms with E-state index in [1.807, 2.05) is 30.3 Å². The van der Waals surface area contributed by atoms with Gasteiger partial charge >= 0.3 is 0 Å². The summed E-state index contributed by atoms with van der Waals surface area (Å²) in [6.45, 7) is 4.84. The fraction of sp³-hybridized carbons (Fsp3) is 0.381. The summed E-state index contributed by atoms with van der Waals surface area (Å²) in [5, 5.41) is 7.34. The molecule has 2 aromatic carbocycles. The first kappa shape index (κ1) is 19.6. The first-order valence-electron chi connectivity index (χ1n) is 9.27. The number of ether oxygens (including phenoxy) is 2. The monoisotopic (exact) mass is 385 g/mol. The lowest BCUT2D eigenvalue weighted by Gasteiger charge is -2.35. The van der Waals surface area contributed by atoms with Crippen LogP contribution in [0.15, 0.2) is 54.6 Å². The summed E-state index contributed by atoms with van der Waals surface area (Å²) >= 11 is 5.48. The second-order valence-corrected chi connectivity index (χ2v) is 6.89. The highest BCUT2D eigenvalue weighted by Gasteiger charge is 2.22. The van der Waals surface area contributed by atoms with Crippen LogP contribution in [-0.2, 0) is 11.3 Å². The van der Waals surface area contributed by atoms with Crippen LogP contribution in [-0.4, -0.2) is 50.0 Å². The maximum absolute atomic E-state index is 5.52. The van der Waals surface area contributed by atoms with Crippen molar-refractivity contribution in [1.29, 1.82) is 0 Å². The Balaban J connectivity index is 1.59. The molecule has 1 heterocycles. The van der Waals surface area contributed by atoms with Crippen LogP contribution in [0.4, 0.5) is 0 Å². The van der Waals surface area contributed by atoms with Gasteiger partial charge in [0.25, 0.3) is 0 Å². The minimum absolute atomic E-state index is 0.233. The van der Waals surface area contributed by atoms with Gasteiger partial charge in [-0.2, -0.15) is 0 Å². The Bertz CT molecular complexity index is 703. The van der Waals surface area contributed by atoms with Crippen LogP contribution in [0.25, 0.3) is 0 Å². The van der Waals surface area contributed by atoms with Crippen molar-refractivity contribution in [2.24, 2.45) is 0 Å². The topological polar surface area (TPSA) is 45.8 Å². The van der Waals surface area contributed by atoms with E-state index in [1.54, 1.807) is 7.11 Å². The lowest BCUT2D eigenvalue weighted by Crippen LogP contribution is -2.45. The third-order valence-electron chi connectivity index (χ3n) is 4.74. The number of nitrogens with zero attached hydrogens (tertiary/aromatic N) is 1. The molecule has 144 valence electrons. The predicted octanol–water partition coefficient (Wildman–Crippen LogP) is 2.73. The molecule has 1 aliphatic heterocycles. The molecule has 0 aromatic heterocycles. The van der Waals surface area contributed by atoms with E-state index in [-0.39, 0.29) is 6.04 Å². The molecular formula is C21H27N3O2S. The largest absolute Gasteiger partial charge is 0.497 e. The van der Waals surface area contributed by atoms with Gasteiger partial charge in [0.2, 0.25) is 0 Å². The van der Waals surface area contributed by atoms with Crippen LogP contribution < -0.4 is 15.4 Å². The van der Waals surface area contributed by atoms with Crippen LogP contribution in [0.2, 0.25) is 0 Å². The minimum Gasteiger partial charge on any atom is -0.497 e. The van der Waals surface area contributed by atoms with E-state index in [9.17, 15) is 0 Å². The van der Waals surface area contributed by atoms with Gasteiger partial charge in [-0.1, -0.05) is 42.5 Å². The molecule has 5 nitrogen and oxygen atoms in total. The van der Waals surface area contributed by atoms with Crippen molar-refractivity contribution in [2.75, 3.05) is 40.0 Å². The summed E-state index contributed by atoms with van der Waals surface area (Å²) in [6.07, 6.45) is 0. The molecule has 6 heteroatoms. The smallest absolute Gasteiger partial charge is 0.166 e. The van der Waals surface area contributed by atoms with Crippen molar-refractivity contribution < 1.29 is 9.47 Å². The summed E-state index contributed by atoms with van der Waals surface area (Å²) in [7, 11) is 1.69. The molecular weight excluding hydrogens is 358 g/mol. The van der Waals surface area contributed by atoms with Gasteiger partial charge in [0.1, 0.15) is 5.75 Å². The summed E-state index contributed by atoms with van der Waals surface area (Å²) in [5.41, 5.74) is 2.46. The molecule has 1 aliphatic rings. The van der Waals surface area contributed by atoms with Crippen molar-refractivity contribution in [3.05, 3.63) is 65.7 Å². The van der Waals surface area contributed by atoms with Crippen LogP contribution in [0, 0.1) is 0 Å². The Hall–Kier alpha value is -2.15. The number of methoxy groups -OCH3 is 1. The number of hydrogen-bond donors (Lipinski definition) is 2. The zero-order chi connectivity index (χ0) is 18.9. The summed E-state index contributed by atoms with van der Waals surface area (Å²) in [4.78, 5) is 2.44. The number of nitrogens with one attached hydrogen (secondary N) is 2. The molecule has 1 fully saturated rings. The minimum atomic E-state index is 0.233. The molecule has 2 N–H and O–H groups in total. The molecule has 1 saturated heterocycles. The Labute approximate surface area is 166 Å². The zero-order valence-corrected chi connectivity index (χ0v) is 16.5. The average molecular weight is 386 g/mol. The van der Waals surface area contributed by atoms with Gasteiger partial charge in [-0.25, -0.2) is 0 Å². The Morgan fingerprint density at radius 3 is 2.44 bits per heavy atom. The van der Waals surface area contributed by atoms with E-state index in [2.05, 4.69) is 39.8 Å². The second kappa shape index (κ2) is 10.3. The van der Waals surface area contributed by atoms with Gasteiger partial charge in [-0.15, -0.1) is 0 Å². The summed E-state index contributed by atoms with van der Waals surface area (Å²) < 4.78 is 10.8. The van der Waals surface area contributed by atoms with E-state index in [0.717, 1.165) is 45.1 Å². The molecule has 0 aliphatic carbocycles. The SMILES string of the molecule is COc1ccc([C@H](CNC(=S)NCc2ccccc2)N2CCOCC2)cc1. The van der Waals surface area contributed by atoms with E-state index in [0.29, 0.717) is 5.11 Å². The highest BCUT2D eigenvalue weighted by atomic mass is 32.1. The average Bonchev–Trinajstić information content (AvgIpc) is 2.74. The molecule has 0 spiro atoms. The lowest BCUT2D eigenvalue weighted by atomic mass is 10.0. The number of rotatable bonds is 7.